The van der Waals surface area contributed by atoms with E-state index in [1.165, 1.54) is 31.2 Å². The lowest BCUT2D eigenvalue weighted by Crippen LogP contribution is -2.59. The van der Waals surface area contributed by atoms with Crippen LogP contribution in [0.5, 0.6) is 5.75 Å². The molecule has 1 aromatic carbocycles. The molecule has 1 saturated carbocycles. The van der Waals surface area contributed by atoms with Crippen LogP contribution in [0.2, 0.25) is 0 Å². The van der Waals surface area contributed by atoms with Crippen molar-refractivity contribution in [3.8, 4) is 5.75 Å². The van der Waals surface area contributed by atoms with Gasteiger partial charge in [0.15, 0.2) is 0 Å². The van der Waals surface area contributed by atoms with Crippen LogP contribution in [0.3, 0.4) is 0 Å². The lowest BCUT2D eigenvalue weighted by atomic mass is 9.59. The first-order valence-corrected chi connectivity index (χ1v) is 9.05. The smallest absolute Gasteiger partial charge is 0.414 e. The molecule has 1 aliphatic carbocycles. The third-order valence-corrected chi connectivity index (χ3v) is 5.91. The molecule has 28 heavy (non-hydrogen) atoms. The summed E-state index contributed by atoms with van der Waals surface area (Å²) in [5.41, 5.74) is 1.67. The van der Waals surface area contributed by atoms with Crippen LogP contribution >= 0.6 is 0 Å². The second kappa shape index (κ2) is 10.8. The van der Waals surface area contributed by atoms with Crippen molar-refractivity contribution in [1.82, 2.24) is 4.90 Å². The molecule has 1 aromatic rings. The summed E-state index contributed by atoms with van der Waals surface area (Å²) in [4.78, 5) is 20.7. The Labute approximate surface area is 166 Å². The molecule has 0 amide bonds. The van der Waals surface area contributed by atoms with Gasteiger partial charge in [-0.15, -0.1) is 6.58 Å². The van der Waals surface area contributed by atoms with E-state index in [-0.39, 0.29) is 16.4 Å². The summed E-state index contributed by atoms with van der Waals surface area (Å²) < 4.78 is 5.44. The predicted molar refractivity (Wildman–Crippen MR) is 109 cm³/mol. The fourth-order valence-electron chi connectivity index (χ4n) is 3.92. The van der Waals surface area contributed by atoms with Crippen LogP contribution in [0, 0.1) is 0 Å². The van der Waals surface area contributed by atoms with E-state index in [0.717, 1.165) is 12.3 Å². The molecule has 1 aliphatic rings. The van der Waals surface area contributed by atoms with Gasteiger partial charge in [-0.25, -0.2) is 9.59 Å². The van der Waals surface area contributed by atoms with Gasteiger partial charge in [-0.3, -0.25) is 4.90 Å². The molecule has 0 heterocycles. The minimum absolute atomic E-state index is 0. The Hall–Kier alpha value is -2.38. The van der Waals surface area contributed by atoms with Crippen LogP contribution in [-0.2, 0) is 15.0 Å². The molecule has 2 atom stereocenters. The number of rotatable bonds is 5. The number of likely N-dealkylation sites (N-methyl/N-ethyl adjacent to an activating group) is 1. The van der Waals surface area contributed by atoms with Gasteiger partial charge < -0.3 is 20.4 Å². The van der Waals surface area contributed by atoms with E-state index in [1.807, 2.05) is 12.1 Å². The average molecular weight is 395 g/mol. The van der Waals surface area contributed by atoms with Gasteiger partial charge in [-0.2, -0.15) is 0 Å². The number of hydrogen-bond acceptors (Lipinski definition) is 4. The highest BCUT2D eigenvalue weighted by atomic mass is 16.5. The largest absolute Gasteiger partial charge is 0.497 e. The first kappa shape index (κ1) is 25.6. The number of nitrogens with zero attached hydrogens (tertiary/aromatic N) is 1. The van der Waals surface area contributed by atoms with Crippen molar-refractivity contribution in [2.24, 2.45) is 0 Å². The van der Waals surface area contributed by atoms with Gasteiger partial charge in [0.2, 0.25) is 0 Å². The molecule has 7 heteroatoms. The average Bonchev–Trinajstić information content (AvgIpc) is 2.65. The van der Waals surface area contributed by atoms with Crippen LogP contribution in [0.25, 0.3) is 0 Å². The Bertz CT molecular complexity index is 665. The highest BCUT2D eigenvalue weighted by Crippen LogP contribution is 2.49. The normalized spacial score (nSPS) is 23.6. The van der Waals surface area contributed by atoms with Crippen LogP contribution in [0.15, 0.2) is 36.9 Å². The maximum Gasteiger partial charge on any atom is 0.414 e. The van der Waals surface area contributed by atoms with E-state index in [0.29, 0.717) is 0 Å². The number of hydrogen-bond donors (Lipinski definition) is 2. The summed E-state index contributed by atoms with van der Waals surface area (Å²) in [6.07, 6.45) is 7.05. The highest BCUT2D eigenvalue weighted by Gasteiger charge is 2.49. The predicted octanol–water partition coefficient (Wildman–Crippen LogP) is 2.73. The van der Waals surface area contributed by atoms with E-state index in [4.69, 9.17) is 24.5 Å². The number of aliphatic carboxylic acids is 2. The van der Waals surface area contributed by atoms with Gasteiger partial charge in [-0.1, -0.05) is 38.0 Å². The summed E-state index contributed by atoms with van der Waals surface area (Å²) in [5.74, 6) is -2.70. The molecule has 7 nitrogen and oxygen atoms in total. The van der Waals surface area contributed by atoms with Gasteiger partial charge >= 0.3 is 11.9 Å². The van der Waals surface area contributed by atoms with Crippen molar-refractivity contribution in [3.05, 3.63) is 42.5 Å². The third kappa shape index (κ3) is 5.56. The summed E-state index contributed by atoms with van der Waals surface area (Å²) in [6.45, 7) is 9.67. The van der Waals surface area contributed by atoms with Crippen LogP contribution in [-0.4, -0.2) is 58.8 Å². The minimum Gasteiger partial charge on any atom is -0.497 e. The van der Waals surface area contributed by atoms with Crippen molar-refractivity contribution in [2.45, 2.75) is 50.5 Å². The Morgan fingerprint density at radius 3 is 2.29 bits per heavy atom. The zero-order valence-corrected chi connectivity index (χ0v) is 17.2. The van der Waals surface area contributed by atoms with E-state index < -0.39 is 11.9 Å². The SMILES string of the molecule is C=CCN(C)C1(C)CCCCC1(C)c1cccc(OC)c1.O.O=C(O)C(=O)O. The van der Waals surface area contributed by atoms with Gasteiger partial charge in [0.05, 0.1) is 7.11 Å². The van der Waals surface area contributed by atoms with Gasteiger partial charge in [0, 0.05) is 17.5 Å². The molecule has 0 radical (unpaired) electrons. The van der Waals surface area contributed by atoms with Crippen molar-refractivity contribution in [3.63, 3.8) is 0 Å². The lowest BCUT2D eigenvalue weighted by Gasteiger charge is -2.55. The van der Waals surface area contributed by atoms with Crippen molar-refractivity contribution in [1.29, 1.82) is 0 Å². The highest BCUT2D eigenvalue weighted by molar-refractivity contribution is 6.27. The van der Waals surface area contributed by atoms with Crippen LogP contribution in [0.1, 0.15) is 45.1 Å². The standard InChI is InChI=1S/C19H29NO.C2H2O4.H2O/c1-6-14-20(4)19(3)13-8-7-12-18(19,2)16-10-9-11-17(15-16)21-5;3-1(4)2(5)6;/h6,9-11,15H,1,7-8,12-14H2,2-5H3;(H,3,4)(H,5,6);1H2. The molecule has 158 valence electrons. The molecule has 4 N–H and O–H groups in total. The first-order chi connectivity index (χ1) is 12.6. The Morgan fingerprint density at radius 1 is 1.21 bits per heavy atom. The molecule has 0 aromatic heterocycles. The third-order valence-electron chi connectivity index (χ3n) is 5.91. The second-order valence-corrected chi connectivity index (χ2v) is 7.32. The maximum atomic E-state index is 9.10. The second-order valence-electron chi connectivity index (χ2n) is 7.32. The molecule has 2 unspecified atom stereocenters. The number of benzene rings is 1. The summed E-state index contributed by atoms with van der Waals surface area (Å²) in [6, 6.07) is 8.61. The Balaban J connectivity index is 0.000000910. The Kier molecular flexibility index (Phi) is 9.91. The zero-order valence-electron chi connectivity index (χ0n) is 17.2. The summed E-state index contributed by atoms with van der Waals surface area (Å²) in [7, 11) is 3.97. The lowest BCUT2D eigenvalue weighted by molar-refractivity contribution is -0.159. The molecule has 0 saturated heterocycles. The van der Waals surface area contributed by atoms with E-state index in [1.54, 1.807) is 7.11 Å². The topological polar surface area (TPSA) is 119 Å². The molecule has 0 spiro atoms. The molecular weight excluding hydrogens is 362 g/mol. The fraction of sp³-hybridized carbons (Fsp3) is 0.524. The first-order valence-electron chi connectivity index (χ1n) is 9.05. The van der Waals surface area contributed by atoms with E-state index >= 15 is 0 Å². The zero-order chi connectivity index (χ0) is 20.7. The monoisotopic (exact) mass is 395 g/mol. The number of carboxylic acids is 2. The van der Waals surface area contributed by atoms with Gasteiger partial charge in [0.1, 0.15) is 5.75 Å². The van der Waals surface area contributed by atoms with Gasteiger partial charge in [0.25, 0.3) is 0 Å². The molecule has 0 bridgehead atoms. The van der Waals surface area contributed by atoms with E-state index in [2.05, 4.69) is 50.6 Å². The van der Waals surface area contributed by atoms with Crippen LogP contribution in [0.4, 0.5) is 0 Å². The molecule has 2 rings (SSSR count). The summed E-state index contributed by atoms with van der Waals surface area (Å²) in [5, 5.41) is 14.8. The fourth-order valence-corrected chi connectivity index (χ4v) is 3.92. The quantitative estimate of drug-likeness (QED) is 0.584. The Morgan fingerprint density at radius 2 is 1.79 bits per heavy atom. The van der Waals surface area contributed by atoms with Crippen molar-refractivity contribution in [2.75, 3.05) is 20.7 Å². The molecule has 0 aliphatic heterocycles. The summed E-state index contributed by atoms with van der Waals surface area (Å²) >= 11 is 0. The van der Waals surface area contributed by atoms with Crippen molar-refractivity contribution >= 4 is 11.9 Å². The number of ether oxygens (including phenoxy) is 1. The number of carboxylic acid groups (broad SMARTS) is 2. The molecule has 1 fully saturated rings. The van der Waals surface area contributed by atoms with Crippen molar-refractivity contribution < 1.29 is 30.0 Å². The van der Waals surface area contributed by atoms with Crippen LogP contribution < -0.4 is 4.74 Å². The number of carbonyl (C=O) groups is 2. The molecular formula is C21H33NO6. The van der Waals surface area contributed by atoms with E-state index in [9.17, 15) is 0 Å². The van der Waals surface area contributed by atoms with Gasteiger partial charge in [-0.05, 0) is 44.5 Å². The maximum absolute atomic E-state index is 9.10. The number of methoxy groups -OCH3 is 1. The minimum atomic E-state index is -1.82.